The number of nitrogens with one attached hydrogen (secondary N) is 1. The fourth-order valence-corrected chi connectivity index (χ4v) is 4.98. The number of hydrogen-bond donors (Lipinski definition) is 2. The normalized spacial score (nSPS) is 17.5. The molecule has 1 fully saturated rings. The number of benzene rings is 1. The number of fused-ring (bicyclic) bond motifs is 1. The Labute approximate surface area is 190 Å². The Morgan fingerprint density at radius 2 is 2.19 bits per heavy atom. The van der Waals surface area contributed by atoms with Gasteiger partial charge in [-0.2, -0.15) is 0 Å². The van der Waals surface area contributed by atoms with Gasteiger partial charge in [0.1, 0.15) is 0 Å². The summed E-state index contributed by atoms with van der Waals surface area (Å²) in [5.74, 6) is 0.0509. The van der Waals surface area contributed by atoms with Gasteiger partial charge in [0.25, 0.3) is 0 Å². The van der Waals surface area contributed by atoms with Gasteiger partial charge < -0.3 is 4.90 Å². The first kappa shape index (κ1) is 21.8. The highest BCUT2D eigenvalue weighted by molar-refractivity contribution is 7.17. The van der Waals surface area contributed by atoms with E-state index in [9.17, 15) is 10.0 Å². The third-order valence-corrected chi connectivity index (χ3v) is 6.84. The number of carbonyl (C=O) groups excluding carboxylic acids is 1. The first-order valence-electron chi connectivity index (χ1n) is 10.3. The average Bonchev–Trinajstić information content (AvgIpc) is 3.21. The van der Waals surface area contributed by atoms with E-state index in [0.29, 0.717) is 12.2 Å². The van der Waals surface area contributed by atoms with Gasteiger partial charge in [-0.25, -0.2) is 0 Å². The van der Waals surface area contributed by atoms with Crippen molar-refractivity contribution in [2.75, 3.05) is 25.1 Å². The Kier molecular flexibility index (Phi) is 6.87. The molecule has 1 saturated heterocycles. The van der Waals surface area contributed by atoms with Gasteiger partial charge in [-0.05, 0) is 42.3 Å². The molecule has 31 heavy (non-hydrogen) atoms. The van der Waals surface area contributed by atoms with Crippen molar-refractivity contribution < 1.29 is 10.0 Å². The fraction of sp³-hybridized carbons (Fsp3) is 0.304. The molecule has 4 rings (SSSR count). The van der Waals surface area contributed by atoms with E-state index in [1.165, 1.54) is 16.9 Å². The van der Waals surface area contributed by atoms with E-state index in [4.69, 9.17) is 11.6 Å². The first-order valence-corrected chi connectivity index (χ1v) is 11.5. The molecule has 0 unspecified atom stereocenters. The number of rotatable bonds is 6. The van der Waals surface area contributed by atoms with Crippen LogP contribution in [-0.4, -0.2) is 51.6 Å². The van der Waals surface area contributed by atoms with Crippen LogP contribution in [0.2, 0.25) is 4.34 Å². The van der Waals surface area contributed by atoms with E-state index < -0.39 is 0 Å². The van der Waals surface area contributed by atoms with Crippen molar-refractivity contribution in [1.29, 1.82) is 0 Å². The number of aromatic nitrogens is 1. The second-order valence-corrected chi connectivity index (χ2v) is 9.37. The zero-order valence-corrected chi connectivity index (χ0v) is 18.9. The second kappa shape index (κ2) is 9.78. The van der Waals surface area contributed by atoms with Crippen LogP contribution < -0.4 is 5.48 Å². The van der Waals surface area contributed by atoms with Gasteiger partial charge in [-0.3, -0.25) is 25.4 Å². The molecular formula is C23H25ClN4O2S. The van der Waals surface area contributed by atoms with Crippen molar-refractivity contribution in [2.24, 2.45) is 0 Å². The molecule has 2 aromatic heterocycles. The lowest BCUT2D eigenvalue weighted by Crippen LogP contribution is -2.54. The third-order valence-electron chi connectivity index (χ3n) is 5.64. The Morgan fingerprint density at radius 1 is 1.32 bits per heavy atom. The number of anilines is 1. The molecule has 3 aromatic rings. The highest BCUT2D eigenvalue weighted by Crippen LogP contribution is 2.24. The van der Waals surface area contributed by atoms with Crippen LogP contribution in [-0.2, 0) is 11.3 Å². The summed E-state index contributed by atoms with van der Waals surface area (Å²) in [5, 5.41) is 10.2. The lowest BCUT2D eigenvalue weighted by Gasteiger charge is -2.41. The van der Waals surface area contributed by atoms with Crippen LogP contribution in [0.15, 0.2) is 48.7 Å². The third kappa shape index (κ3) is 5.07. The molecule has 2 N–H and O–H groups in total. The van der Waals surface area contributed by atoms with Crippen molar-refractivity contribution in [3.8, 4) is 0 Å². The van der Waals surface area contributed by atoms with Crippen LogP contribution in [0.25, 0.3) is 17.0 Å². The lowest BCUT2D eigenvalue weighted by atomic mass is 10.1. The number of halogens is 1. The van der Waals surface area contributed by atoms with Gasteiger partial charge in [-0.15, -0.1) is 11.3 Å². The van der Waals surface area contributed by atoms with E-state index in [1.807, 2.05) is 29.2 Å². The maximum absolute atomic E-state index is 12.8. The van der Waals surface area contributed by atoms with Crippen molar-refractivity contribution in [3.05, 3.63) is 63.4 Å². The number of thiophene rings is 1. The average molecular weight is 457 g/mol. The van der Waals surface area contributed by atoms with E-state index in [-0.39, 0.29) is 11.9 Å². The molecule has 0 bridgehead atoms. The summed E-state index contributed by atoms with van der Waals surface area (Å²) in [7, 11) is 0. The Morgan fingerprint density at radius 3 is 2.94 bits per heavy atom. The zero-order chi connectivity index (χ0) is 21.8. The molecular weight excluding hydrogens is 432 g/mol. The van der Waals surface area contributed by atoms with Crippen LogP contribution in [0.3, 0.4) is 0 Å². The molecule has 3 heterocycles. The van der Waals surface area contributed by atoms with Gasteiger partial charge >= 0.3 is 0 Å². The van der Waals surface area contributed by atoms with Crippen LogP contribution in [0.5, 0.6) is 0 Å². The molecule has 1 atom stereocenters. The number of piperazine rings is 1. The minimum absolute atomic E-state index is 0.0509. The first-order chi connectivity index (χ1) is 15.1. The predicted octanol–water partition coefficient (Wildman–Crippen LogP) is 4.89. The molecule has 0 saturated carbocycles. The molecule has 0 radical (unpaired) electrons. The van der Waals surface area contributed by atoms with Crippen LogP contribution in [0, 0.1) is 0 Å². The molecule has 0 spiro atoms. The van der Waals surface area contributed by atoms with Crippen molar-refractivity contribution in [1.82, 2.24) is 14.8 Å². The molecule has 1 amide bonds. The fourth-order valence-electron chi connectivity index (χ4n) is 4.02. The highest BCUT2D eigenvalue weighted by atomic mass is 35.5. The molecule has 6 nitrogen and oxygen atoms in total. The van der Waals surface area contributed by atoms with Crippen LogP contribution >= 0.6 is 22.9 Å². The maximum Gasteiger partial charge on any atom is 0.246 e. The number of pyridine rings is 1. The molecule has 1 aliphatic heterocycles. The summed E-state index contributed by atoms with van der Waals surface area (Å²) in [6.45, 7) is 5.30. The Bertz CT molecular complexity index is 1100. The summed E-state index contributed by atoms with van der Waals surface area (Å²) < 4.78 is 0.722. The van der Waals surface area contributed by atoms with Crippen molar-refractivity contribution in [3.63, 3.8) is 0 Å². The quantitative estimate of drug-likeness (QED) is 0.408. The van der Waals surface area contributed by atoms with E-state index in [2.05, 4.69) is 34.4 Å². The number of nitrogens with zero attached hydrogens (tertiary/aromatic N) is 3. The van der Waals surface area contributed by atoms with E-state index >= 15 is 0 Å². The van der Waals surface area contributed by atoms with Crippen LogP contribution in [0.4, 0.5) is 5.69 Å². The van der Waals surface area contributed by atoms with Crippen molar-refractivity contribution in [2.45, 2.75) is 25.9 Å². The molecule has 8 heteroatoms. The monoisotopic (exact) mass is 456 g/mol. The Hall–Kier alpha value is -2.45. The van der Waals surface area contributed by atoms with Gasteiger partial charge in [0.2, 0.25) is 5.91 Å². The summed E-state index contributed by atoms with van der Waals surface area (Å²) in [6, 6.07) is 11.8. The predicted molar refractivity (Wildman–Crippen MR) is 127 cm³/mol. The van der Waals surface area contributed by atoms with E-state index in [1.54, 1.807) is 18.3 Å². The highest BCUT2D eigenvalue weighted by Gasteiger charge is 2.28. The maximum atomic E-state index is 12.8. The standard InChI is InChI=1S/C23H25ClN4O2S/c1-2-17-15-27(11-12-28(17)23(29)8-5-18-4-7-22(24)31-18)14-16-3-6-19-20(26-30)9-10-25-21(19)13-16/h3-10,13,17,30H,2,11-12,14-15H2,1H3,(H,25,26)/t17-/m0/s1. The van der Waals surface area contributed by atoms with E-state index in [0.717, 1.165) is 46.2 Å². The molecule has 162 valence electrons. The Balaban J connectivity index is 1.41. The lowest BCUT2D eigenvalue weighted by molar-refractivity contribution is -0.131. The topological polar surface area (TPSA) is 68.7 Å². The molecule has 1 aromatic carbocycles. The van der Waals surface area contributed by atoms with Crippen LogP contribution in [0.1, 0.15) is 23.8 Å². The minimum atomic E-state index is 0.0509. The number of carbonyl (C=O) groups is 1. The van der Waals surface area contributed by atoms with Gasteiger partial charge in [0.05, 0.1) is 15.5 Å². The summed E-state index contributed by atoms with van der Waals surface area (Å²) in [4.78, 5) is 22.5. The van der Waals surface area contributed by atoms with Gasteiger partial charge in [-0.1, -0.05) is 30.7 Å². The number of amides is 1. The summed E-state index contributed by atoms with van der Waals surface area (Å²) in [5.41, 5.74) is 4.88. The minimum Gasteiger partial charge on any atom is -0.334 e. The zero-order valence-electron chi connectivity index (χ0n) is 17.3. The van der Waals surface area contributed by atoms with Gasteiger partial charge in [0, 0.05) is 54.8 Å². The summed E-state index contributed by atoms with van der Waals surface area (Å²) in [6.07, 6.45) is 6.09. The van der Waals surface area contributed by atoms with Gasteiger partial charge in [0.15, 0.2) is 0 Å². The summed E-state index contributed by atoms with van der Waals surface area (Å²) >= 11 is 7.43. The smallest absolute Gasteiger partial charge is 0.246 e. The molecule has 1 aliphatic rings. The molecule has 0 aliphatic carbocycles. The van der Waals surface area contributed by atoms with Crippen molar-refractivity contribution >= 4 is 51.5 Å². The SMILES string of the molecule is CC[C@H]1CN(Cc2ccc3c(NO)ccnc3c2)CCN1C(=O)C=Cc1ccc(Cl)s1. The second-order valence-electron chi connectivity index (χ2n) is 7.63. The largest absolute Gasteiger partial charge is 0.334 e. The number of hydrogen-bond acceptors (Lipinski definition) is 6.